The highest BCUT2D eigenvalue weighted by atomic mass is 16.5. The molecule has 0 saturated carbocycles. The second kappa shape index (κ2) is 6.12. The second-order valence-corrected chi connectivity index (χ2v) is 6.85. The lowest BCUT2D eigenvalue weighted by atomic mass is 9.98. The predicted molar refractivity (Wildman–Crippen MR) is 95.3 cm³/mol. The first-order valence-electron chi connectivity index (χ1n) is 8.74. The molecule has 4 heteroatoms. The van der Waals surface area contributed by atoms with Gasteiger partial charge in [0.05, 0.1) is 11.7 Å². The van der Waals surface area contributed by atoms with Gasteiger partial charge in [-0.3, -0.25) is 9.59 Å². The van der Waals surface area contributed by atoms with Crippen molar-refractivity contribution in [3.8, 4) is 0 Å². The number of Topliss-reactive ketones (excluding diaryl/α,β-unsaturated/α-hetero) is 2. The number of benzene rings is 1. The van der Waals surface area contributed by atoms with Crippen LogP contribution in [0.1, 0.15) is 47.4 Å². The summed E-state index contributed by atoms with van der Waals surface area (Å²) in [6.07, 6.45) is 6.33. The molecule has 4 nitrogen and oxygen atoms in total. The fourth-order valence-electron chi connectivity index (χ4n) is 3.86. The molecule has 0 radical (unpaired) electrons. The highest BCUT2D eigenvalue weighted by Gasteiger charge is 2.35. The minimum Gasteiger partial charge on any atom is -0.376 e. The van der Waals surface area contributed by atoms with E-state index < -0.39 is 0 Å². The van der Waals surface area contributed by atoms with Gasteiger partial charge in [-0.15, -0.1) is 0 Å². The maximum Gasteiger partial charge on any atom is 0.198 e. The number of carbonyl (C=O) groups is 2. The quantitative estimate of drug-likeness (QED) is 0.611. The van der Waals surface area contributed by atoms with Crippen molar-refractivity contribution in [3.63, 3.8) is 0 Å². The summed E-state index contributed by atoms with van der Waals surface area (Å²) in [7, 11) is 0. The van der Waals surface area contributed by atoms with Crippen LogP contribution in [0.5, 0.6) is 0 Å². The van der Waals surface area contributed by atoms with E-state index in [1.54, 1.807) is 24.3 Å². The molecule has 1 aromatic rings. The summed E-state index contributed by atoms with van der Waals surface area (Å²) >= 11 is 0. The molecule has 1 unspecified atom stereocenters. The van der Waals surface area contributed by atoms with E-state index in [0.29, 0.717) is 16.7 Å². The normalized spacial score (nSPS) is 23.1. The van der Waals surface area contributed by atoms with Crippen LogP contribution in [0.25, 0.3) is 0 Å². The Morgan fingerprint density at radius 1 is 1.04 bits per heavy atom. The van der Waals surface area contributed by atoms with Crippen molar-refractivity contribution < 1.29 is 14.3 Å². The van der Waals surface area contributed by atoms with Crippen LogP contribution in [0, 0.1) is 0 Å². The molecule has 0 N–H and O–H groups in total. The van der Waals surface area contributed by atoms with E-state index in [1.165, 1.54) is 0 Å². The van der Waals surface area contributed by atoms with Crippen LogP contribution in [-0.2, 0) is 4.74 Å². The Bertz CT molecular complexity index is 795. The number of ketones is 2. The fraction of sp³-hybridized carbons (Fsp3) is 0.333. The summed E-state index contributed by atoms with van der Waals surface area (Å²) in [5.41, 5.74) is 4.09. The Morgan fingerprint density at radius 2 is 1.64 bits per heavy atom. The van der Waals surface area contributed by atoms with Crippen LogP contribution in [-0.4, -0.2) is 35.7 Å². The van der Waals surface area contributed by atoms with Gasteiger partial charge in [-0.05, 0) is 44.4 Å². The van der Waals surface area contributed by atoms with Crippen molar-refractivity contribution in [3.05, 3.63) is 70.1 Å². The monoisotopic (exact) mass is 335 g/mol. The molecule has 2 aliphatic heterocycles. The van der Waals surface area contributed by atoms with E-state index >= 15 is 0 Å². The Morgan fingerprint density at radius 3 is 2.16 bits per heavy atom. The van der Waals surface area contributed by atoms with Gasteiger partial charge in [0, 0.05) is 35.7 Å². The van der Waals surface area contributed by atoms with Gasteiger partial charge < -0.3 is 9.64 Å². The molecule has 25 heavy (non-hydrogen) atoms. The summed E-state index contributed by atoms with van der Waals surface area (Å²) < 4.78 is 5.74. The molecular formula is C21H21NO3. The molecule has 1 aromatic carbocycles. The van der Waals surface area contributed by atoms with Crippen LogP contribution in [0.15, 0.2) is 59.0 Å². The fourth-order valence-corrected chi connectivity index (χ4v) is 3.86. The molecular weight excluding hydrogens is 314 g/mol. The van der Waals surface area contributed by atoms with Crippen molar-refractivity contribution in [2.75, 3.05) is 13.2 Å². The van der Waals surface area contributed by atoms with E-state index in [0.717, 1.165) is 37.4 Å². The largest absolute Gasteiger partial charge is 0.376 e. The number of fused-ring (bicyclic) bond motifs is 1. The molecule has 2 heterocycles. The number of ether oxygens (including phenoxy) is 1. The van der Waals surface area contributed by atoms with Gasteiger partial charge in [0.2, 0.25) is 0 Å². The Kier molecular flexibility index (Phi) is 3.92. The predicted octanol–water partition coefficient (Wildman–Crippen LogP) is 3.66. The van der Waals surface area contributed by atoms with Crippen LogP contribution < -0.4 is 0 Å². The smallest absolute Gasteiger partial charge is 0.198 e. The molecule has 1 atom stereocenters. The van der Waals surface area contributed by atoms with Crippen LogP contribution >= 0.6 is 0 Å². The summed E-state index contributed by atoms with van der Waals surface area (Å²) in [4.78, 5) is 27.6. The van der Waals surface area contributed by atoms with Crippen LogP contribution in [0.2, 0.25) is 0 Å². The number of hydrogen-bond acceptors (Lipinski definition) is 4. The van der Waals surface area contributed by atoms with Crippen molar-refractivity contribution in [1.82, 2.24) is 4.90 Å². The average molecular weight is 335 g/mol. The highest BCUT2D eigenvalue weighted by molar-refractivity contribution is 6.40. The number of hydrogen-bond donors (Lipinski definition) is 0. The van der Waals surface area contributed by atoms with Gasteiger partial charge in [0.15, 0.2) is 11.6 Å². The van der Waals surface area contributed by atoms with E-state index in [2.05, 4.69) is 4.90 Å². The molecule has 128 valence electrons. The zero-order valence-electron chi connectivity index (χ0n) is 14.5. The number of carbonyl (C=O) groups excluding carboxylic acids is 2. The standard InChI is InChI=1S/C21H21NO3/c1-13-10-15(11-14(2)22(13)12-16-6-5-9-25-16)19-20(23)17-7-3-4-8-18(17)21(19)24/h3-4,7-8,10-11,16H,5-6,9,12H2,1-2H3. The molecule has 0 amide bonds. The highest BCUT2D eigenvalue weighted by Crippen LogP contribution is 2.33. The Hall–Kier alpha value is -2.46. The minimum absolute atomic E-state index is 0.170. The minimum atomic E-state index is -0.170. The zero-order valence-corrected chi connectivity index (χ0v) is 14.5. The average Bonchev–Trinajstić information content (AvgIpc) is 3.19. The molecule has 4 rings (SSSR count). The molecule has 1 fully saturated rings. The van der Waals surface area contributed by atoms with Gasteiger partial charge >= 0.3 is 0 Å². The van der Waals surface area contributed by atoms with E-state index in [4.69, 9.17) is 4.74 Å². The van der Waals surface area contributed by atoms with E-state index in [-0.39, 0.29) is 23.2 Å². The third-order valence-corrected chi connectivity index (χ3v) is 5.15. The summed E-state index contributed by atoms with van der Waals surface area (Å²) in [6.45, 7) is 5.68. The number of nitrogens with zero attached hydrogens (tertiary/aromatic N) is 1. The van der Waals surface area contributed by atoms with Crippen LogP contribution in [0.3, 0.4) is 0 Å². The van der Waals surface area contributed by atoms with Crippen molar-refractivity contribution >= 4 is 11.6 Å². The first-order valence-corrected chi connectivity index (χ1v) is 8.74. The van der Waals surface area contributed by atoms with Crippen molar-refractivity contribution in [2.45, 2.75) is 32.8 Å². The Balaban J connectivity index is 1.69. The molecule has 0 bridgehead atoms. The number of allylic oxidation sites excluding steroid dienone is 6. The third kappa shape index (κ3) is 2.67. The number of rotatable bonds is 2. The molecule has 1 saturated heterocycles. The lowest BCUT2D eigenvalue weighted by molar-refractivity contribution is 0.0905. The lowest BCUT2D eigenvalue weighted by Crippen LogP contribution is -2.31. The van der Waals surface area contributed by atoms with Gasteiger partial charge in [-0.25, -0.2) is 0 Å². The first kappa shape index (κ1) is 16.0. The summed E-state index contributed by atoms with van der Waals surface area (Å²) in [5, 5.41) is 0. The van der Waals surface area contributed by atoms with E-state index in [9.17, 15) is 9.59 Å². The zero-order chi connectivity index (χ0) is 17.6. The third-order valence-electron chi connectivity index (χ3n) is 5.15. The molecule has 1 aliphatic carbocycles. The molecule has 0 aromatic heterocycles. The second-order valence-electron chi connectivity index (χ2n) is 6.85. The van der Waals surface area contributed by atoms with Crippen molar-refractivity contribution in [1.29, 1.82) is 0 Å². The summed E-state index contributed by atoms with van der Waals surface area (Å²) in [5.74, 6) is -0.340. The van der Waals surface area contributed by atoms with E-state index in [1.807, 2.05) is 26.0 Å². The summed E-state index contributed by atoms with van der Waals surface area (Å²) in [6, 6.07) is 7.04. The first-order chi connectivity index (χ1) is 12.1. The maximum absolute atomic E-state index is 12.7. The van der Waals surface area contributed by atoms with Crippen LogP contribution in [0.4, 0.5) is 0 Å². The van der Waals surface area contributed by atoms with Crippen molar-refractivity contribution in [2.24, 2.45) is 0 Å². The molecule has 3 aliphatic rings. The topological polar surface area (TPSA) is 46.6 Å². The molecule has 0 spiro atoms. The lowest BCUT2D eigenvalue weighted by Gasteiger charge is -2.31. The van der Waals surface area contributed by atoms with Gasteiger partial charge in [-0.2, -0.15) is 0 Å². The maximum atomic E-state index is 12.7. The van der Waals surface area contributed by atoms with Gasteiger partial charge in [-0.1, -0.05) is 24.3 Å². The van der Waals surface area contributed by atoms with Gasteiger partial charge in [0.25, 0.3) is 0 Å². The SMILES string of the molecule is CC1=CC(=C2C(=O)c3ccccc3C2=O)C=C(C)N1CC1CCCO1. The Labute approximate surface area is 147 Å². The van der Waals surface area contributed by atoms with Gasteiger partial charge in [0.1, 0.15) is 0 Å².